The highest BCUT2D eigenvalue weighted by atomic mass is 32.2. The van der Waals surface area contributed by atoms with E-state index in [1.165, 1.54) is 33.5 Å². The second-order valence-electron chi connectivity index (χ2n) is 7.12. The van der Waals surface area contributed by atoms with Gasteiger partial charge in [-0.1, -0.05) is 12.2 Å². The van der Waals surface area contributed by atoms with Crippen LogP contribution < -0.4 is 4.90 Å². The van der Waals surface area contributed by atoms with Gasteiger partial charge >= 0.3 is 0 Å². The molecule has 8 heteroatoms. The summed E-state index contributed by atoms with van der Waals surface area (Å²) in [5.74, 6) is -1.48. The summed E-state index contributed by atoms with van der Waals surface area (Å²) in [5, 5.41) is 0. The molecule has 136 valence electrons. The largest absolute Gasteiger partial charge is 0.365 e. The summed E-state index contributed by atoms with van der Waals surface area (Å²) in [4.78, 5) is 26.9. The summed E-state index contributed by atoms with van der Waals surface area (Å²) in [5.41, 5.74) is 0.411. The number of anilines is 1. The molecular weight excluding hydrogens is 356 g/mol. The van der Waals surface area contributed by atoms with E-state index in [1.54, 1.807) is 0 Å². The molecule has 0 radical (unpaired) electrons. The van der Waals surface area contributed by atoms with Gasteiger partial charge in [0.2, 0.25) is 21.8 Å². The number of sulfonamides is 1. The van der Waals surface area contributed by atoms with E-state index in [2.05, 4.69) is 0 Å². The van der Waals surface area contributed by atoms with E-state index in [1.807, 2.05) is 12.2 Å². The quantitative estimate of drug-likeness (QED) is 0.580. The molecule has 0 N–H and O–H groups in total. The molecule has 2 amide bonds. The highest BCUT2D eigenvalue weighted by molar-refractivity contribution is 7.89. The first kappa shape index (κ1) is 16.2. The van der Waals surface area contributed by atoms with Crippen LogP contribution in [0.3, 0.4) is 0 Å². The van der Waals surface area contributed by atoms with Crippen molar-refractivity contribution in [3.63, 3.8) is 0 Å². The minimum Gasteiger partial charge on any atom is -0.365 e. The Morgan fingerprint density at radius 3 is 1.96 bits per heavy atom. The van der Waals surface area contributed by atoms with Crippen LogP contribution in [0.25, 0.3) is 0 Å². The SMILES string of the molecule is O=C1C2C3C=CC(O3)C2C(=O)N1c1ccc(S(=O)(=O)N2CCCC2)cc1. The smallest absolute Gasteiger partial charge is 0.243 e. The van der Waals surface area contributed by atoms with Crippen molar-refractivity contribution in [1.29, 1.82) is 0 Å². The lowest BCUT2D eigenvalue weighted by Gasteiger charge is -2.19. The third kappa shape index (κ3) is 2.09. The van der Waals surface area contributed by atoms with Gasteiger partial charge in [0.15, 0.2) is 0 Å². The Morgan fingerprint density at radius 1 is 0.885 bits per heavy atom. The molecule has 4 heterocycles. The standard InChI is InChI=1S/C18H18N2O5S/c21-17-15-13-7-8-14(25-13)16(15)18(22)20(17)11-3-5-12(6-4-11)26(23,24)19-9-1-2-10-19/h3-8,13-16H,1-2,9-10H2. The van der Waals surface area contributed by atoms with Crippen LogP contribution in [0.5, 0.6) is 0 Å². The number of rotatable bonds is 3. The predicted molar refractivity (Wildman–Crippen MR) is 91.7 cm³/mol. The van der Waals surface area contributed by atoms with Gasteiger partial charge in [0.25, 0.3) is 0 Å². The first-order valence-electron chi connectivity index (χ1n) is 8.80. The van der Waals surface area contributed by atoms with Gasteiger partial charge in [-0.3, -0.25) is 9.59 Å². The number of hydrogen-bond donors (Lipinski definition) is 0. The number of hydrogen-bond acceptors (Lipinski definition) is 5. The van der Waals surface area contributed by atoms with E-state index in [4.69, 9.17) is 4.74 Å². The van der Waals surface area contributed by atoms with E-state index in [0.717, 1.165) is 12.8 Å². The van der Waals surface area contributed by atoms with Crippen LogP contribution in [-0.4, -0.2) is 49.8 Å². The Morgan fingerprint density at radius 2 is 1.42 bits per heavy atom. The highest BCUT2D eigenvalue weighted by Gasteiger charge is 2.61. The van der Waals surface area contributed by atoms with Crippen molar-refractivity contribution in [3.8, 4) is 0 Å². The molecule has 2 bridgehead atoms. The van der Waals surface area contributed by atoms with Gasteiger partial charge in [0, 0.05) is 13.1 Å². The molecule has 7 nitrogen and oxygen atoms in total. The van der Waals surface area contributed by atoms with Gasteiger partial charge in [-0.05, 0) is 37.1 Å². The van der Waals surface area contributed by atoms with E-state index in [9.17, 15) is 18.0 Å². The molecule has 4 aliphatic rings. The first-order chi connectivity index (χ1) is 12.5. The summed E-state index contributed by atoms with van der Waals surface area (Å²) in [6.45, 7) is 1.07. The monoisotopic (exact) mass is 374 g/mol. The molecule has 0 aromatic heterocycles. The zero-order valence-corrected chi connectivity index (χ0v) is 14.8. The van der Waals surface area contributed by atoms with Crippen molar-refractivity contribution in [1.82, 2.24) is 4.31 Å². The summed E-state index contributed by atoms with van der Waals surface area (Å²) in [7, 11) is -3.51. The number of carbonyl (C=O) groups excluding carboxylic acids is 2. The van der Waals surface area contributed by atoms with Crippen LogP contribution in [-0.2, 0) is 24.3 Å². The Bertz CT molecular complexity index is 887. The third-order valence-electron chi connectivity index (χ3n) is 5.71. The summed E-state index contributed by atoms with van der Waals surface area (Å²) in [6.07, 6.45) is 4.76. The number of carbonyl (C=O) groups is 2. The predicted octanol–water partition coefficient (Wildman–Crippen LogP) is 0.914. The van der Waals surface area contributed by atoms with Gasteiger partial charge in [-0.2, -0.15) is 4.31 Å². The van der Waals surface area contributed by atoms with Crippen molar-refractivity contribution >= 4 is 27.5 Å². The van der Waals surface area contributed by atoms with E-state index in [0.29, 0.717) is 18.8 Å². The van der Waals surface area contributed by atoms with Gasteiger partial charge < -0.3 is 4.74 Å². The number of nitrogens with zero attached hydrogens (tertiary/aromatic N) is 2. The average Bonchev–Trinajstić information content (AvgIpc) is 3.40. The molecule has 4 aliphatic heterocycles. The summed E-state index contributed by atoms with van der Waals surface area (Å²) in [6, 6.07) is 6.02. The zero-order chi connectivity index (χ0) is 18.1. The normalized spacial score (nSPS) is 33.5. The number of benzene rings is 1. The van der Waals surface area contributed by atoms with Crippen molar-refractivity contribution in [3.05, 3.63) is 36.4 Å². The molecular formula is C18H18N2O5S. The summed E-state index contributed by atoms with van der Waals surface area (Å²) < 4.78 is 32.3. The van der Waals surface area contributed by atoms with E-state index < -0.39 is 21.9 Å². The van der Waals surface area contributed by atoms with Gasteiger partial charge in [0.1, 0.15) is 0 Å². The third-order valence-corrected chi connectivity index (χ3v) is 7.62. The molecule has 4 unspecified atom stereocenters. The molecule has 1 aromatic carbocycles. The molecule has 0 spiro atoms. The maximum absolute atomic E-state index is 12.7. The van der Waals surface area contributed by atoms with Crippen LogP contribution in [0.2, 0.25) is 0 Å². The van der Waals surface area contributed by atoms with Crippen LogP contribution in [0, 0.1) is 11.8 Å². The molecule has 3 fully saturated rings. The molecule has 4 atom stereocenters. The second kappa shape index (κ2) is 5.48. The van der Waals surface area contributed by atoms with E-state index >= 15 is 0 Å². The molecule has 3 saturated heterocycles. The van der Waals surface area contributed by atoms with Crippen molar-refractivity contribution in [2.75, 3.05) is 18.0 Å². The van der Waals surface area contributed by atoms with Crippen LogP contribution >= 0.6 is 0 Å². The minimum absolute atomic E-state index is 0.188. The molecule has 0 saturated carbocycles. The topological polar surface area (TPSA) is 84.0 Å². The van der Waals surface area contributed by atoms with Crippen LogP contribution in [0.15, 0.2) is 41.3 Å². The van der Waals surface area contributed by atoms with Crippen molar-refractivity contribution in [2.45, 2.75) is 29.9 Å². The van der Waals surface area contributed by atoms with Crippen molar-refractivity contribution < 1.29 is 22.7 Å². The van der Waals surface area contributed by atoms with Crippen LogP contribution in [0.1, 0.15) is 12.8 Å². The average molecular weight is 374 g/mol. The number of fused-ring (bicyclic) bond motifs is 5. The second-order valence-corrected chi connectivity index (χ2v) is 9.06. The maximum Gasteiger partial charge on any atom is 0.243 e. The Kier molecular flexibility index (Phi) is 3.41. The number of ether oxygens (including phenoxy) is 1. The molecule has 5 rings (SSSR count). The van der Waals surface area contributed by atoms with Gasteiger partial charge in [-0.15, -0.1) is 0 Å². The van der Waals surface area contributed by atoms with Crippen LogP contribution in [0.4, 0.5) is 5.69 Å². The van der Waals surface area contributed by atoms with E-state index in [-0.39, 0.29) is 28.9 Å². The molecule has 1 aromatic rings. The fourth-order valence-electron chi connectivity index (χ4n) is 4.40. The zero-order valence-electron chi connectivity index (χ0n) is 13.9. The van der Waals surface area contributed by atoms with Gasteiger partial charge in [0.05, 0.1) is 34.6 Å². The Balaban J connectivity index is 1.43. The fourth-order valence-corrected chi connectivity index (χ4v) is 5.92. The lowest BCUT2D eigenvalue weighted by atomic mass is 9.85. The lowest BCUT2D eigenvalue weighted by molar-refractivity contribution is -0.124. The Hall–Kier alpha value is -2.03. The lowest BCUT2D eigenvalue weighted by Crippen LogP contribution is -2.34. The maximum atomic E-state index is 12.7. The minimum atomic E-state index is -3.51. The Labute approximate surface area is 151 Å². The number of amides is 2. The summed E-state index contributed by atoms with van der Waals surface area (Å²) >= 11 is 0. The molecule has 0 aliphatic carbocycles. The van der Waals surface area contributed by atoms with Crippen molar-refractivity contribution in [2.24, 2.45) is 11.8 Å². The van der Waals surface area contributed by atoms with Gasteiger partial charge in [-0.25, -0.2) is 13.3 Å². The molecule has 26 heavy (non-hydrogen) atoms. The fraction of sp³-hybridized carbons (Fsp3) is 0.444. The number of imide groups is 1. The highest BCUT2D eigenvalue weighted by Crippen LogP contribution is 2.46. The first-order valence-corrected chi connectivity index (χ1v) is 10.2.